The van der Waals surface area contributed by atoms with Gasteiger partial charge >= 0.3 is 5.97 Å². The summed E-state index contributed by atoms with van der Waals surface area (Å²) in [6.07, 6.45) is 8.85. The molecule has 0 heterocycles. The van der Waals surface area contributed by atoms with E-state index in [1.165, 1.54) is 38.2 Å². The molecule has 15 heavy (non-hydrogen) atoms. The molecular formula is C13H24O2. The Bertz CT molecular complexity index is 191. The first kappa shape index (κ1) is 14.2. The second kappa shape index (κ2) is 9.75. The summed E-state index contributed by atoms with van der Waals surface area (Å²) < 4.78 is 5.04. The van der Waals surface area contributed by atoms with Crippen LogP contribution in [-0.2, 0) is 9.53 Å². The third-order valence-corrected chi connectivity index (χ3v) is 2.15. The molecule has 88 valence electrons. The van der Waals surface area contributed by atoms with Crippen molar-refractivity contribution in [2.45, 2.75) is 59.3 Å². The Hall–Kier alpha value is -0.790. The molecule has 0 rings (SSSR count). The van der Waals surface area contributed by atoms with E-state index in [-0.39, 0.29) is 5.97 Å². The lowest BCUT2D eigenvalue weighted by Crippen LogP contribution is -2.02. The van der Waals surface area contributed by atoms with E-state index in [9.17, 15) is 4.79 Å². The monoisotopic (exact) mass is 212 g/mol. The minimum absolute atomic E-state index is 0.205. The fourth-order valence-corrected chi connectivity index (χ4v) is 1.33. The van der Waals surface area contributed by atoms with Gasteiger partial charge in [0.05, 0.1) is 6.61 Å². The van der Waals surface area contributed by atoms with Gasteiger partial charge in [0, 0.05) is 6.08 Å². The van der Waals surface area contributed by atoms with Crippen molar-refractivity contribution in [1.82, 2.24) is 0 Å². The molecule has 0 aromatic rings. The van der Waals surface area contributed by atoms with Crippen molar-refractivity contribution in [2.24, 2.45) is 0 Å². The van der Waals surface area contributed by atoms with Crippen LogP contribution in [0.25, 0.3) is 0 Å². The fraction of sp³-hybridized carbons (Fsp3) is 0.769. The van der Waals surface area contributed by atoms with Gasteiger partial charge < -0.3 is 4.74 Å². The van der Waals surface area contributed by atoms with E-state index in [1.54, 1.807) is 0 Å². The van der Waals surface area contributed by atoms with Gasteiger partial charge in [-0.25, -0.2) is 4.79 Å². The van der Waals surface area contributed by atoms with E-state index in [1.807, 2.05) is 13.8 Å². The van der Waals surface area contributed by atoms with Gasteiger partial charge in [-0.3, -0.25) is 0 Å². The maximum absolute atomic E-state index is 11.1. The molecule has 0 amide bonds. The minimum atomic E-state index is -0.205. The van der Waals surface area contributed by atoms with Crippen LogP contribution in [0.2, 0.25) is 0 Å². The van der Waals surface area contributed by atoms with Crippen LogP contribution in [0, 0.1) is 0 Å². The molecule has 0 unspecified atom stereocenters. The maximum Gasteiger partial charge on any atom is 0.330 e. The third-order valence-electron chi connectivity index (χ3n) is 2.15. The lowest BCUT2D eigenvalue weighted by molar-refractivity contribution is -0.137. The largest absolute Gasteiger partial charge is 0.463 e. The Morgan fingerprint density at radius 3 is 2.27 bits per heavy atom. The molecule has 0 atom stereocenters. The van der Waals surface area contributed by atoms with Crippen molar-refractivity contribution in [3.8, 4) is 0 Å². The zero-order valence-electron chi connectivity index (χ0n) is 10.3. The number of carbonyl (C=O) groups is 1. The maximum atomic E-state index is 11.1. The predicted octanol–water partition coefficient (Wildman–Crippen LogP) is 3.86. The van der Waals surface area contributed by atoms with Gasteiger partial charge in [0.1, 0.15) is 0 Å². The number of ether oxygens (including phenoxy) is 1. The van der Waals surface area contributed by atoms with Crippen LogP contribution in [0.1, 0.15) is 59.3 Å². The molecule has 2 heteroatoms. The second-order valence-corrected chi connectivity index (χ2v) is 4.16. The van der Waals surface area contributed by atoms with Crippen molar-refractivity contribution in [3.63, 3.8) is 0 Å². The Kier molecular flexibility index (Phi) is 9.24. The molecular weight excluding hydrogens is 188 g/mol. The molecule has 0 spiro atoms. The Morgan fingerprint density at radius 1 is 1.07 bits per heavy atom. The number of carbonyl (C=O) groups excluding carboxylic acids is 1. The Balaban J connectivity index is 3.24. The summed E-state index contributed by atoms with van der Waals surface area (Å²) in [5, 5.41) is 0. The third kappa shape index (κ3) is 11.1. The zero-order valence-corrected chi connectivity index (χ0v) is 10.3. The number of hydrogen-bond acceptors (Lipinski definition) is 2. The van der Waals surface area contributed by atoms with Gasteiger partial charge in [-0.15, -0.1) is 0 Å². The van der Waals surface area contributed by atoms with Gasteiger partial charge in [0.15, 0.2) is 0 Å². The number of rotatable bonds is 8. The molecule has 0 saturated heterocycles. The average molecular weight is 212 g/mol. The van der Waals surface area contributed by atoms with Gasteiger partial charge in [-0.05, 0) is 20.3 Å². The summed E-state index contributed by atoms with van der Waals surface area (Å²) in [4.78, 5) is 11.1. The van der Waals surface area contributed by atoms with E-state index >= 15 is 0 Å². The van der Waals surface area contributed by atoms with Gasteiger partial charge in [0.25, 0.3) is 0 Å². The molecule has 0 aliphatic carbocycles. The highest BCUT2D eigenvalue weighted by molar-refractivity contribution is 5.82. The summed E-state index contributed by atoms with van der Waals surface area (Å²) in [7, 11) is 0. The van der Waals surface area contributed by atoms with Crippen molar-refractivity contribution in [2.75, 3.05) is 6.61 Å². The first-order valence-electron chi connectivity index (χ1n) is 5.98. The lowest BCUT2D eigenvalue weighted by atomic mass is 10.1. The van der Waals surface area contributed by atoms with Crippen LogP contribution in [0.4, 0.5) is 0 Å². The van der Waals surface area contributed by atoms with Crippen LogP contribution < -0.4 is 0 Å². The standard InChI is InChI=1S/C13H24O2/c1-4-5-6-7-8-9-10-15-13(14)11-12(2)3/h11H,4-10H2,1-3H3. The predicted molar refractivity (Wildman–Crippen MR) is 63.8 cm³/mol. The summed E-state index contributed by atoms with van der Waals surface area (Å²) in [6.45, 7) is 6.56. The fourth-order valence-electron chi connectivity index (χ4n) is 1.33. The first-order valence-corrected chi connectivity index (χ1v) is 5.98. The molecule has 0 aliphatic rings. The normalized spacial score (nSPS) is 9.80. The van der Waals surface area contributed by atoms with Crippen molar-refractivity contribution >= 4 is 5.97 Å². The van der Waals surface area contributed by atoms with Crippen LogP contribution in [0.5, 0.6) is 0 Å². The van der Waals surface area contributed by atoms with Crippen LogP contribution in [0.3, 0.4) is 0 Å². The summed E-state index contributed by atoms with van der Waals surface area (Å²) in [6, 6.07) is 0. The Labute approximate surface area is 93.7 Å². The van der Waals surface area contributed by atoms with Gasteiger partial charge in [0.2, 0.25) is 0 Å². The topological polar surface area (TPSA) is 26.3 Å². The first-order chi connectivity index (χ1) is 7.16. The quantitative estimate of drug-likeness (QED) is 0.347. The Morgan fingerprint density at radius 2 is 1.67 bits per heavy atom. The van der Waals surface area contributed by atoms with E-state index in [4.69, 9.17) is 4.74 Å². The molecule has 0 aromatic heterocycles. The molecule has 0 radical (unpaired) electrons. The molecule has 0 saturated carbocycles. The smallest absolute Gasteiger partial charge is 0.330 e. The van der Waals surface area contributed by atoms with Gasteiger partial charge in [-0.1, -0.05) is 44.6 Å². The molecule has 0 bridgehead atoms. The molecule has 0 fully saturated rings. The van der Waals surface area contributed by atoms with E-state index in [0.29, 0.717) is 6.61 Å². The molecule has 0 aromatic carbocycles. The minimum Gasteiger partial charge on any atom is -0.463 e. The molecule has 0 N–H and O–H groups in total. The van der Waals surface area contributed by atoms with E-state index < -0.39 is 0 Å². The van der Waals surface area contributed by atoms with E-state index in [2.05, 4.69) is 6.92 Å². The summed E-state index contributed by atoms with van der Waals surface area (Å²) >= 11 is 0. The number of unbranched alkanes of at least 4 members (excludes halogenated alkanes) is 5. The summed E-state index contributed by atoms with van der Waals surface area (Å²) in [5.74, 6) is -0.205. The van der Waals surface area contributed by atoms with Crippen molar-refractivity contribution in [3.05, 3.63) is 11.6 Å². The SMILES string of the molecule is CCCCCCCCOC(=O)C=C(C)C. The highest BCUT2D eigenvalue weighted by Gasteiger charge is 1.97. The number of esters is 1. The lowest BCUT2D eigenvalue weighted by Gasteiger charge is -2.02. The zero-order chi connectivity index (χ0) is 11.5. The van der Waals surface area contributed by atoms with Crippen LogP contribution in [0.15, 0.2) is 11.6 Å². The summed E-state index contributed by atoms with van der Waals surface area (Å²) in [5.41, 5.74) is 0.989. The molecule has 0 aliphatic heterocycles. The second-order valence-electron chi connectivity index (χ2n) is 4.16. The van der Waals surface area contributed by atoms with Crippen molar-refractivity contribution in [1.29, 1.82) is 0 Å². The van der Waals surface area contributed by atoms with Crippen molar-refractivity contribution < 1.29 is 9.53 Å². The van der Waals surface area contributed by atoms with Gasteiger partial charge in [-0.2, -0.15) is 0 Å². The van der Waals surface area contributed by atoms with Crippen LogP contribution in [-0.4, -0.2) is 12.6 Å². The van der Waals surface area contributed by atoms with Crippen LogP contribution >= 0.6 is 0 Å². The van der Waals surface area contributed by atoms with E-state index in [0.717, 1.165) is 12.0 Å². The number of hydrogen-bond donors (Lipinski definition) is 0. The highest BCUT2D eigenvalue weighted by Crippen LogP contribution is 2.05. The highest BCUT2D eigenvalue weighted by atomic mass is 16.5. The molecule has 2 nitrogen and oxygen atoms in total. The average Bonchev–Trinajstić information content (AvgIpc) is 2.15. The number of allylic oxidation sites excluding steroid dienone is 1.